The van der Waals surface area contributed by atoms with Crippen LogP contribution in [0.3, 0.4) is 0 Å². The molecule has 0 heterocycles. The Hall–Kier alpha value is 1.58. The summed E-state index contributed by atoms with van der Waals surface area (Å²) in [7, 11) is 13.7. The minimum atomic E-state index is -4.30. The van der Waals surface area contributed by atoms with Crippen molar-refractivity contribution in [1.29, 1.82) is 0 Å². The molecular formula is C4H12Cl3Ti. The summed E-state index contributed by atoms with van der Waals surface area (Å²) in [4.78, 5) is 0. The molecule has 0 saturated carbocycles. The molecular weight excluding hydrogens is 202 g/mol. The summed E-state index contributed by atoms with van der Waals surface area (Å²) in [6.07, 6.45) is 0. The monoisotopic (exact) mass is 213 g/mol. The summed E-state index contributed by atoms with van der Waals surface area (Å²) < 4.78 is 0. The maximum absolute atomic E-state index is 6.01. The number of rotatable bonds is 0. The van der Waals surface area contributed by atoms with Gasteiger partial charge in [0.05, 0.1) is 0 Å². The van der Waals surface area contributed by atoms with Gasteiger partial charge in [0.2, 0.25) is 0 Å². The number of halogens is 3. The quantitative estimate of drug-likeness (QED) is 0.524. The number of hydrogen-bond donors (Lipinski definition) is 0. The topological polar surface area (TPSA) is 0 Å². The maximum atomic E-state index is 6.01. The van der Waals surface area contributed by atoms with Crippen molar-refractivity contribution in [2.24, 2.45) is 0 Å². The second kappa shape index (κ2) is 0.968. The van der Waals surface area contributed by atoms with Crippen molar-refractivity contribution < 1.29 is 9.56 Å². The zero-order valence-electron chi connectivity index (χ0n) is 5.63. The van der Waals surface area contributed by atoms with E-state index in [1.54, 1.807) is 20.9 Å². The molecule has 0 N–H and O–H groups in total. The van der Waals surface area contributed by atoms with E-state index in [9.17, 15) is 0 Å². The molecule has 53 valence electrons. The van der Waals surface area contributed by atoms with Gasteiger partial charge in [-0.1, -0.05) is 0 Å². The van der Waals surface area contributed by atoms with Gasteiger partial charge in [-0.05, 0) is 0 Å². The van der Waals surface area contributed by atoms with Crippen LogP contribution in [0.5, 0.6) is 0 Å². The van der Waals surface area contributed by atoms with E-state index in [-0.39, 0.29) is 0 Å². The Balaban J connectivity index is 5.14. The molecule has 0 bridgehead atoms. The van der Waals surface area contributed by atoms with Crippen molar-refractivity contribution in [3.63, 3.8) is 0 Å². The van der Waals surface area contributed by atoms with Gasteiger partial charge in [0.1, 0.15) is 0 Å². The van der Waals surface area contributed by atoms with Gasteiger partial charge >= 0.3 is 58.4 Å². The Morgan fingerprint density at radius 3 is 0.750 bits per heavy atom. The third-order valence-corrected chi connectivity index (χ3v) is 0. The van der Waals surface area contributed by atoms with E-state index in [0.29, 0.717) is 0 Å². The SMILES string of the molecule is [CH3][Ti]([CH3])([CH3])([CH3])([Cl])([Cl])[Cl]. The molecule has 4 heteroatoms. The summed E-state index contributed by atoms with van der Waals surface area (Å²) in [5, 5.41) is 6.90. The van der Waals surface area contributed by atoms with E-state index in [1.165, 1.54) is 0 Å². The van der Waals surface area contributed by atoms with Crippen LogP contribution in [0.25, 0.3) is 0 Å². The van der Waals surface area contributed by atoms with Gasteiger partial charge in [-0.25, -0.2) is 0 Å². The average Bonchev–Trinajstić information content (AvgIpc) is 0.544. The molecule has 0 aliphatic carbocycles. The van der Waals surface area contributed by atoms with Crippen LogP contribution in [-0.4, -0.2) is 0 Å². The van der Waals surface area contributed by atoms with Crippen LogP contribution in [0, 0.1) is 0 Å². The van der Waals surface area contributed by atoms with Crippen molar-refractivity contribution >= 4 is 27.9 Å². The molecule has 0 rings (SSSR count). The third kappa shape index (κ3) is 131. The Kier molecular flexibility index (Phi) is 1.16. The summed E-state index contributed by atoms with van der Waals surface area (Å²) in [6.45, 7) is 0. The van der Waals surface area contributed by atoms with E-state index in [0.717, 1.165) is 0 Å². The summed E-state index contributed by atoms with van der Waals surface area (Å²) >= 11 is 0. The zero-order chi connectivity index (χ0) is 7.38. The molecule has 0 nitrogen and oxygen atoms in total. The molecule has 0 aromatic carbocycles. The molecule has 0 unspecified atom stereocenters. The first-order valence-corrected chi connectivity index (χ1v) is 15.3. The van der Waals surface area contributed by atoms with Crippen LogP contribution >= 0.6 is 27.9 Å². The average molecular weight is 214 g/mol. The molecule has 0 fully saturated rings. The fourth-order valence-electron chi connectivity index (χ4n) is 0. The fraction of sp³-hybridized carbons (Fsp3) is 1.00. The van der Waals surface area contributed by atoms with Crippen molar-refractivity contribution in [2.75, 3.05) is 0 Å². The minimum absolute atomic E-state index is 1.72. The van der Waals surface area contributed by atoms with Crippen LogP contribution in [0.4, 0.5) is 0 Å². The summed E-state index contributed by atoms with van der Waals surface area (Å²) in [6, 6.07) is 0. The molecule has 0 aliphatic heterocycles. The van der Waals surface area contributed by atoms with Gasteiger partial charge in [-0.15, -0.1) is 0 Å². The van der Waals surface area contributed by atoms with E-state index in [2.05, 4.69) is 0 Å². The first-order chi connectivity index (χ1) is 2.65. The molecule has 0 radical (unpaired) electrons. The number of hydrogen-bond acceptors (Lipinski definition) is 0. The molecule has 8 heavy (non-hydrogen) atoms. The molecule has 0 amide bonds. The van der Waals surface area contributed by atoms with Crippen LogP contribution in [0.1, 0.15) is 0 Å². The second-order valence-electron chi connectivity index (χ2n) is 5.48. The van der Waals surface area contributed by atoms with Gasteiger partial charge in [0.25, 0.3) is 0 Å². The third-order valence-electron chi connectivity index (χ3n) is 0. The molecule has 0 saturated heterocycles. The molecule has 0 spiro atoms. The fourth-order valence-corrected chi connectivity index (χ4v) is 0. The van der Waals surface area contributed by atoms with E-state index < -0.39 is 9.56 Å². The molecule has 0 aromatic rings. The van der Waals surface area contributed by atoms with Gasteiger partial charge in [0, 0.05) is 0 Å². The van der Waals surface area contributed by atoms with Crippen LogP contribution in [0.15, 0.2) is 0 Å². The molecule has 0 aromatic heterocycles. The van der Waals surface area contributed by atoms with Crippen molar-refractivity contribution in [3.05, 3.63) is 0 Å². The summed E-state index contributed by atoms with van der Waals surface area (Å²) in [5.41, 5.74) is 0. The van der Waals surface area contributed by atoms with E-state index in [4.69, 9.17) is 27.9 Å². The van der Waals surface area contributed by atoms with Crippen LogP contribution < -0.4 is 0 Å². The van der Waals surface area contributed by atoms with Gasteiger partial charge in [0.15, 0.2) is 0 Å². The Morgan fingerprint density at radius 1 is 0.750 bits per heavy atom. The van der Waals surface area contributed by atoms with Gasteiger partial charge in [-0.2, -0.15) is 0 Å². The first kappa shape index (κ1) is 9.58. The molecule has 0 aliphatic rings. The van der Waals surface area contributed by atoms with Gasteiger partial charge in [-0.3, -0.25) is 0 Å². The van der Waals surface area contributed by atoms with Crippen molar-refractivity contribution in [3.8, 4) is 0 Å². The zero-order valence-corrected chi connectivity index (χ0v) is 9.46. The van der Waals surface area contributed by atoms with Crippen LogP contribution in [0.2, 0.25) is 20.9 Å². The second-order valence-corrected chi connectivity index (χ2v) is 48.4. The predicted molar refractivity (Wildman–Crippen MR) is 41.0 cm³/mol. The van der Waals surface area contributed by atoms with E-state index in [1.807, 2.05) is 0 Å². The van der Waals surface area contributed by atoms with Crippen molar-refractivity contribution in [1.82, 2.24) is 0 Å². The Bertz CT molecular complexity index is 103. The Labute approximate surface area is 58.1 Å². The van der Waals surface area contributed by atoms with Crippen LogP contribution in [-0.2, 0) is 9.56 Å². The first-order valence-electron chi connectivity index (χ1n) is 2.57. The molecule has 0 atom stereocenters. The van der Waals surface area contributed by atoms with Crippen molar-refractivity contribution in [2.45, 2.75) is 20.9 Å². The Morgan fingerprint density at radius 2 is 0.750 bits per heavy atom. The standard InChI is InChI=1S/4CH3.3ClH.Ti/h4*1H3;3*1H;/q;;;;;;;+3/p-3. The summed E-state index contributed by atoms with van der Waals surface area (Å²) in [5.74, 6) is 0. The predicted octanol–water partition coefficient (Wildman–Crippen LogP) is 4.40. The normalized spacial score (nSPS) is 27.1. The van der Waals surface area contributed by atoms with E-state index >= 15 is 0 Å². The van der Waals surface area contributed by atoms with Gasteiger partial charge < -0.3 is 0 Å².